The zero-order valence-corrected chi connectivity index (χ0v) is 13.2. The molecule has 0 saturated carbocycles. The molecule has 1 N–H and O–H groups in total. The van der Waals surface area contributed by atoms with Gasteiger partial charge in [-0.1, -0.05) is 0 Å². The van der Waals surface area contributed by atoms with Crippen molar-refractivity contribution < 1.29 is 9.21 Å². The summed E-state index contributed by atoms with van der Waals surface area (Å²) in [5.74, 6) is 1.36. The molecule has 122 valence electrons. The van der Waals surface area contributed by atoms with Crippen molar-refractivity contribution >= 4 is 5.91 Å². The minimum absolute atomic E-state index is 0.100. The topological polar surface area (TPSA) is 65.4 Å². The number of nitrogens with one attached hydrogen (secondary N) is 1. The van der Waals surface area contributed by atoms with E-state index >= 15 is 0 Å². The number of imidazole rings is 1. The summed E-state index contributed by atoms with van der Waals surface area (Å²) in [5, 5.41) is 0. The Bertz CT molecular complexity index is 664. The normalized spacial score (nSPS) is 22.1. The highest BCUT2D eigenvalue weighted by atomic mass is 16.3. The van der Waals surface area contributed by atoms with Crippen molar-refractivity contribution in [2.24, 2.45) is 5.92 Å². The number of aromatic amines is 1. The lowest BCUT2D eigenvalue weighted by Gasteiger charge is -2.35. The van der Waals surface area contributed by atoms with E-state index in [1.807, 2.05) is 17.0 Å². The lowest BCUT2D eigenvalue weighted by Crippen LogP contribution is -2.46. The van der Waals surface area contributed by atoms with Crippen LogP contribution < -0.4 is 0 Å². The van der Waals surface area contributed by atoms with E-state index in [2.05, 4.69) is 14.9 Å². The smallest absolute Gasteiger partial charge is 0.227 e. The number of hydrogen-bond acceptors (Lipinski definition) is 4. The van der Waals surface area contributed by atoms with E-state index in [-0.39, 0.29) is 11.8 Å². The predicted octanol–water partition coefficient (Wildman–Crippen LogP) is 1.80. The van der Waals surface area contributed by atoms with Crippen molar-refractivity contribution in [1.82, 2.24) is 19.8 Å². The van der Waals surface area contributed by atoms with Gasteiger partial charge in [0.2, 0.25) is 5.91 Å². The van der Waals surface area contributed by atoms with Gasteiger partial charge < -0.3 is 14.3 Å². The minimum Gasteiger partial charge on any atom is -0.468 e. The summed E-state index contributed by atoms with van der Waals surface area (Å²) in [7, 11) is 0. The number of nitrogens with zero attached hydrogens (tertiary/aromatic N) is 3. The summed E-state index contributed by atoms with van der Waals surface area (Å²) in [4.78, 5) is 24.7. The van der Waals surface area contributed by atoms with E-state index in [1.54, 1.807) is 12.6 Å². The van der Waals surface area contributed by atoms with Gasteiger partial charge in [-0.15, -0.1) is 0 Å². The number of aromatic nitrogens is 2. The SMILES string of the molecule is O=C(C1CCCN(Cc2ccco2)C1)N1CCc2nc[nH]c2C1. The number of hydrogen-bond donors (Lipinski definition) is 1. The second kappa shape index (κ2) is 6.20. The molecule has 1 unspecified atom stereocenters. The van der Waals surface area contributed by atoms with Gasteiger partial charge in [0, 0.05) is 19.5 Å². The molecular formula is C17H22N4O2. The van der Waals surface area contributed by atoms with E-state index in [0.29, 0.717) is 6.54 Å². The molecule has 1 amide bonds. The molecule has 1 atom stereocenters. The van der Waals surface area contributed by atoms with Crippen molar-refractivity contribution in [1.29, 1.82) is 0 Å². The molecule has 0 aromatic carbocycles. The fourth-order valence-corrected chi connectivity index (χ4v) is 3.68. The summed E-state index contributed by atoms with van der Waals surface area (Å²) in [6, 6.07) is 3.91. The summed E-state index contributed by atoms with van der Waals surface area (Å²) in [6.45, 7) is 4.11. The Hall–Kier alpha value is -2.08. The molecule has 0 spiro atoms. The van der Waals surface area contributed by atoms with Gasteiger partial charge in [0.15, 0.2) is 0 Å². The first-order chi connectivity index (χ1) is 11.3. The maximum absolute atomic E-state index is 12.9. The number of H-pyrrole nitrogens is 1. The lowest BCUT2D eigenvalue weighted by molar-refractivity contribution is -0.138. The Morgan fingerprint density at radius 2 is 2.39 bits per heavy atom. The van der Waals surface area contributed by atoms with Gasteiger partial charge in [0.1, 0.15) is 5.76 Å². The van der Waals surface area contributed by atoms with Gasteiger partial charge >= 0.3 is 0 Å². The number of fused-ring (bicyclic) bond motifs is 1. The average molecular weight is 314 g/mol. The van der Waals surface area contributed by atoms with Crippen LogP contribution in [0.5, 0.6) is 0 Å². The van der Waals surface area contributed by atoms with E-state index in [4.69, 9.17) is 4.42 Å². The second-order valence-electron chi connectivity index (χ2n) is 6.49. The first-order valence-corrected chi connectivity index (χ1v) is 8.34. The Balaban J connectivity index is 1.38. The largest absolute Gasteiger partial charge is 0.468 e. The van der Waals surface area contributed by atoms with Crippen LogP contribution in [0, 0.1) is 5.92 Å². The zero-order chi connectivity index (χ0) is 15.6. The number of carbonyl (C=O) groups excluding carboxylic acids is 1. The van der Waals surface area contributed by atoms with Gasteiger partial charge in [0.25, 0.3) is 0 Å². The number of piperidine rings is 1. The summed E-state index contributed by atoms with van der Waals surface area (Å²) in [5.41, 5.74) is 2.20. The molecule has 0 radical (unpaired) electrons. The quantitative estimate of drug-likeness (QED) is 0.938. The second-order valence-corrected chi connectivity index (χ2v) is 6.49. The van der Waals surface area contributed by atoms with Gasteiger partial charge in [-0.25, -0.2) is 4.98 Å². The van der Waals surface area contributed by atoms with Gasteiger partial charge in [-0.3, -0.25) is 9.69 Å². The Morgan fingerprint density at radius 1 is 1.43 bits per heavy atom. The molecule has 6 heteroatoms. The first-order valence-electron chi connectivity index (χ1n) is 8.34. The monoisotopic (exact) mass is 314 g/mol. The molecule has 1 saturated heterocycles. The minimum atomic E-state index is 0.100. The van der Waals surface area contributed by atoms with Crippen molar-refractivity contribution in [2.45, 2.75) is 32.4 Å². The van der Waals surface area contributed by atoms with Crippen molar-refractivity contribution in [3.05, 3.63) is 41.9 Å². The molecule has 2 aromatic rings. The Labute approximate surface area is 135 Å². The standard InChI is InChI=1S/C17H22N4O2/c22-17(21-7-5-15-16(11-21)19-12-18-15)13-3-1-6-20(9-13)10-14-4-2-8-23-14/h2,4,8,12-13H,1,3,5-7,9-11H2,(H,18,19). The highest BCUT2D eigenvalue weighted by Gasteiger charge is 2.31. The van der Waals surface area contributed by atoms with Crippen LogP contribution in [0.25, 0.3) is 0 Å². The molecule has 2 aliphatic heterocycles. The summed E-state index contributed by atoms with van der Waals surface area (Å²) in [6.07, 6.45) is 6.34. The maximum Gasteiger partial charge on any atom is 0.227 e. The van der Waals surface area contributed by atoms with Gasteiger partial charge in [-0.05, 0) is 31.5 Å². The van der Waals surface area contributed by atoms with Gasteiger partial charge in [0.05, 0.1) is 43.0 Å². The van der Waals surface area contributed by atoms with Crippen molar-refractivity contribution in [3.63, 3.8) is 0 Å². The van der Waals surface area contributed by atoms with Gasteiger partial charge in [-0.2, -0.15) is 0 Å². The van der Waals surface area contributed by atoms with Crippen molar-refractivity contribution in [3.8, 4) is 0 Å². The lowest BCUT2D eigenvalue weighted by atomic mass is 9.95. The molecule has 4 rings (SSSR count). The van der Waals surface area contributed by atoms with Crippen LogP contribution in [0.2, 0.25) is 0 Å². The highest BCUT2D eigenvalue weighted by Crippen LogP contribution is 2.23. The summed E-state index contributed by atoms with van der Waals surface area (Å²) >= 11 is 0. The first kappa shape index (κ1) is 14.5. The van der Waals surface area contributed by atoms with E-state index in [0.717, 1.165) is 62.6 Å². The van der Waals surface area contributed by atoms with Crippen molar-refractivity contribution in [2.75, 3.05) is 19.6 Å². The van der Waals surface area contributed by atoms with Crippen LogP contribution in [-0.4, -0.2) is 45.3 Å². The molecule has 23 heavy (non-hydrogen) atoms. The molecule has 0 aliphatic carbocycles. The molecule has 2 aromatic heterocycles. The number of rotatable bonds is 3. The molecule has 4 heterocycles. The van der Waals surface area contributed by atoms with Crippen LogP contribution in [0.1, 0.15) is 30.0 Å². The van der Waals surface area contributed by atoms with E-state index < -0.39 is 0 Å². The van der Waals surface area contributed by atoms with Crippen LogP contribution in [0.15, 0.2) is 29.1 Å². The van der Waals surface area contributed by atoms with Crippen LogP contribution in [-0.2, 0) is 24.3 Å². The Morgan fingerprint density at radius 3 is 3.26 bits per heavy atom. The van der Waals surface area contributed by atoms with E-state index in [9.17, 15) is 4.79 Å². The van der Waals surface area contributed by atoms with Crippen LogP contribution in [0.4, 0.5) is 0 Å². The zero-order valence-electron chi connectivity index (χ0n) is 13.2. The molecule has 0 bridgehead atoms. The number of amides is 1. The van der Waals surface area contributed by atoms with Crippen LogP contribution in [0.3, 0.4) is 0 Å². The third kappa shape index (κ3) is 3.03. The third-order valence-electron chi connectivity index (χ3n) is 4.90. The van der Waals surface area contributed by atoms with Crippen LogP contribution >= 0.6 is 0 Å². The molecule has 1 fully saturated rings. The fraction of sp³-hybridized carbons (Fsp3) is 0.529. The molecular weight excluding hydrogens is 292 g/mol. The number of furan rings is 1. The molecule has 2 aliphatic rings. The summed E-state index contributed by atoms with van der Waals surface area (Å²) < 4.78 is 5.43. The predicted molar refractivity (Wildman–Crippen MR) is 84.4 cm³/mol. The third-order valence-corrected chi connectivity index (χ3v) is 4.90. The fourth-order valence-electron chi connectivity index (χ4n) is 3.68. The van der Waals surface area contributed by atoms with E-state index in [1.165, 1.54) is 0 Å². The maximum atomic E-state index is 12.9. The average Bonchev–Trinajstić information content (AvgIpc) is 3.25. The molecule has 6 nitrogen and oxygen atoms in total. The highest BCUT2D eigenvalue weighted by molar-refractivity contribution is 5.79. The Kier molecular flexibility index (Phi) is 3.91. The number of carbonyl (C=O) groups is 1. The number of likely N-dealkylation sites (tertiary alicyclic amines) is 1.